The van der Waals surface area contributed by atoms with Crippen LogP contribution in [0, 0.1) is 0 Å². The number of aliphatic hydroxyl groups is 1. The molecule has 0 bridgehead atoms. The molecule has 0 fully saturated rings. The van der Waals surface area contributed by atoms with E-state index in [1.807, 2.05) is 12.1 Å². The maximum absolute atomic E-state index is 9.00. The summed E-state index contributed by atoms with van der Waals surface area (Å²) in [5.41, 5.74) is 2.90. The third-order valence-electron chi connectivity index (χ3n) is 4.16. The molecule has 2 heterocycles. The topological polar surface area (TPSA) is 45.2 Å². The quantitative estimate of drug-likeness (QED) is 0.835. The molecule has 0 unspecified atom stereocenters. The summed E-state index contributed by atoms with van der Waals surface area (Å²) in [6.07, 6.45) is 8.04. The van der Waals surface area contributed by atoms with E-state index in [1.54, 1.807) is 6.08 Å². The summed E-state index contributed by atoms with van der Waals surface area (Å²) in [5, 5.41) is 10.2. The molecule has 22 heavy (non-hydrogen) atoms. The number of ether oxygens (including phenoxy) is 1. The van der Waals surface area contributed by atoms with Crippen molar-refractivity contribution in [2.45, 2.75) is 38.7 Å². The van der Waals surface area contributed by atoms with Gasteiger partial charge in [0.05, 0.1) is 12.1 Å². The predicted molar refractivity (Wildman–Crippen MR) is 91.3 cm³/mol. The van der Waals surface area contributed by atoms with Gasteiger partial charge in [-0.3, -0.25) is 0 Å². The van der Waals surface area contributed by atoms with E-state index in [9.17, 15) is 0 Å². The SMILES string of the molecule is CC1(C)C=Cc2c(ccc3cc(C(C)(C)/C=C/CO)[nH]c23)O1. The van der Waals surface area contributed by atoms with Crippen molar-refractivity contribution in [2.75, 3.05) is 6.61 Å². The van der Waals surface area contributed by atoms with Gasteiger partial charge in [-0.15, -0.1) is 0 Å². The molecule has 1 aliphatic heterocycles. The Bertz CT molecular complexity index is 763. The van der Waals surface area contributed by atoms with Crippen LogP contribution < -0.4 is 4.74 Å². The van der Waals surface area contributed by atoms with Crippen LogP contribution in [0.4, 0.5) is 0 Å². The third kappa shape index (κ3) is 2.57. The van der Waals surface area contributed by atoms with Crippen LogP contribution in [0.5, 0.6) is 5.75 Å². The lowest BCUT2D eigenvalue weighted by Crippen LogP contribution is -2.27. The van der Waals surface area contributed by atoms with Crippen LogP contribution in [-0.4, -0.2) is 22.3 Å². The van der Waals surface area contributed by atoms with Crippen LogP contribution in [0.3, 0.4) is 0 Å². The molecule has 3 nitrogen and oxygen atoms in total. The number of nitrogens with one attached hydrogen (secondary N) is 1. The minimum Gasteiger partial charge on any atom is -0.483 e. The summed E-state index contributed by atoms with van der Waals surface area (Å²) >= 11 is 0. The second kappa shape index (κ2) is 5.03. The summed E-state index contributed by atoms with van der Waals surface area (Å²) < 4.78 is 6.03. The zero-order valence-corrected chi connectivity index (χ0v) is 13.6. The number of aromatic amines is 1. The van der Waals surface area contributed by atoms with Gasteiger partial charge in [0, 0.05) is 22.1 Å². The van der Waals surface area contributed by atoms with Crippen molar-refractivity contribution in [3.05, 3.63) is 47.7 Å². The summed E-state index contributed by atoms with van der Waals surface area (Å²) in [5.74, 6) is 0.914. The Morgan fingerprint density at radius 1 is 1.32 bits per heavy atom. The van der Waals surface area contributed by atoms with Gasteiger partial charge in [0.15, 0.2) is 0 Å². The van der Waals surface area contributed by atoms with Crippen LogP contribution in [0.15, 0.2) is 36.4 Å². The van der Waals surface area contributed by atoms with Crippen LogP contribution in [0.2, 0.25) is 0 Å². The van der Waals surface area contributed by atoms with Gasteiger partial charge in [-0.25, -0.2) is 0 Å². The summed E-state index contributed by atoms with van der Waals surface area (Å²) in [7, 11) is 0. The van der Waals surface area contributed by atoms with Crippen molar-refractivity contribution in [1.82, 2.24) is 4.98 Å². The van der Waals surface area contributed by atoms with Crippen molar-refractivity contribution in [1.29, 1.82) is 0 Å². The zero-order chi connectivity index (χ0) is 16.0. The molecule has 0 aliphatic carbocycles. The number of rotatable bonds is 3. The van der Waals surface area contributed by atoms with Gasteiger partial charge in [-0.2, -0.15) is 0 Å². The van der Waals surface area contributed by atoms with E-state index in [0.29, 0.717) is 0 Å². The van der Waals surface area contributed by atoms with E-state index in [-0.39, 0.29) is 17.6 Å². The van der Waals surface area contributed by atoms with E-state index in [2.05, 4.69) is 57.0 Å². The number of H-pyrrole nitrogens is 1. The molecule has 1 aliphatic rings. The Morgan fingerprint density at radius 2 is 2.09 bits per heavy atom. The van der Waals surface area contributed by atoms with Gasteiger partial charge in [0.1, 0.15) is 11.4 Å². The van der Waals surface area contributed by atoms with E-state index in [0.717, 1.165) is 22.5 Å². The molecule has 0 amide bonds. The number of benzene rings is 1. The van der Waals surface area contributed by atoms with Crippen molar-refractivity contribution in [3.63, 3.8) is 0 Å². The molecule has 2 N–H and O–H groups in total. The lowest BCUT2D eigenvalue weighted by Gasteiger charge is -2.28. The maximum atomic E-state index is 9.00. The highest BCUT2D eigenvalue weighted by Crippen LogP contribution is 2.37. The highest BCUT2D eigenvalue weighted by Gasteiger charge is 2.25. The van der Waals surface area contributed by atoms with Crippen LogP contribution in [-0.2, 0) is 5.41 Å². The lowest BCUT2D eigenvalue weighted by molar-refractivity contribution is 0.159. The smallest absolute Gasteiger partial charge is 0.129 e. The van der Waals surface area contributed by atoms with Gasteiger partial charge >= 0.3 is 0 Å². The average molecular weight is 297 g/mol. The van der Waals surface area contributed by atoms with E-state index in [4.69, 9.17) is 9.84 Å². The molecular formula is C19H23NO2. The predicted octanol–water partition coefficient (Wildman–Crippen LogP) is 4.18. The molecule has 3 rings (SSSR count). The highest BCUT2D eigenvalue weighted by molar-refractivity contribution is 5.92. The Kier molecular flexibility index (Phi) is 3.41. The fourth-order valence-corrected chi connectivity index (χ4v) is 2.84. The molecule has 1 aromatic carbocycles. The first-order chi connectivity index (χ1) is 10.3. The summed E-state index contributed by atoms with van der Waals surface area (Å²) in [6.45, 7) is 8.43. The van der Waals surface area contributed by atoms with E-state index < -0.39 is 0 Å². The monoisotopic (exact) mass is 297 g/mol. The number of fused-ring (bicyclic) bond motifs is 3. The Hall–Kier alpha value is -2.00. The Balaban J connectivity index is 2.10. The molecule has 3 heteroatoms. The number of hydrogen-bond donors (Lipinski definition) is 2. The van der Waals surface area contributed by atoms with Gasteiger partial charge in [0.25, 0.3) is 0 Å². The molecular weight excluding hydrogens is 274 g/mol. The van der Waals surface area contributed by atoms with Gasteiger partial charge in [0.2, 0.25) is 0 Å². The number of aliphatic hydroxyl groups excluding tert-OH is 1. The average Bonchev–Trinajstić information content (AvgIpc) is 2.89. The first kappa shape index (κ1) is 14.9. The molecule has 0 spiro atoms. The second-order valence-electron chi connectivity index (χ2n) is 6.97. The first-order valence-corrected chi connectivity index (χ1v) is 7.65. The van der Waals surface area contributed by atoms with Crippen LogP contribution in [0.1, 0.15) is 39.0 Å². The summed E-state index contributed by atoms with van der Waals surface area (Å²) in [4.78, 5) is 3.54. The normalized spacial score (nSPS) is 17.0. The Labute approximate surface area is 131 Å². The number of allylic oxidation sites excluding steroid dienone is 1. The molecule has 0 atom stereocenters. The minimum atomic E-state index is -0.265. The van der Waals surface area contributed by atoms with Gasteiger partial charge in [-0.1, -0.05) is 26.0 Å². The lowest BCUT2D eigenvalue weighted by atomic mass is 9.89. The van der Waals surface area contributed by atoms with Crippen molar-refractivity contribution >= 4 is 17.0 Å². The maximum Gasteiger partial charge on any atom is 0.129 e. The number of aromatic nitrogens is 1. The molecule has 0 saturated carbocycles. The van der Waals surface area contributed by atoms with Crippen molar-refractivity contribution < 1.29 is 9.84 Å². The van der Waals surface area contributed by atoms with Gasteiger partial charge < -0.3 is 14.8 Å². The molecule has 1 aromatic heterocycles. The van der Waals surface area contributed by atoms with Crippen molar-refractivity contribution in [3.8, 4) is 5.75 Å². The van der Waals surface area contributed by atoms with Gasteiger partial charge in [-0.05, 0) is 44.2 Å². The third-order valence-corrected chi connectivity index (χ3v) is 4.16. The van der Waals surface area contributed by atoms with E-state index >= 15 is 0 Å². The fraction of sp³-hybridized carbons (Fsp3) is 0.368. The van der Waals surface area contributed by atoms with Crippen LogP contribution >= 0.6 is 0 Å². The second-order valence-corrected chi connectivity index (χ2v) is 6.97. The molecule has 116 valence electrons. The first-order valence-electron chi connectivity index (χ1n) is 7.65. The zero-order valence-electron chi connectivity index (χ0n) is 13.6. The molecule has 0 radical (unpaired) electrons. The number of hydrogen-bond acceptors (Lipinski definition) is 2. The molecule has 0 saturated heterocycles. The standard InChI is InChI=1S/C19H23NO2/c1-18(2,9-5-11-21)16-12-13-6-7-15-14(17(13)20-16)8-10-19(3,4)22-15/h5-10,12,20-21H,11H2,1-4H3/b9-5+. The minimum absolute atomic E-state index is 0.0602. The summed E-state index contributed by atoms with van der Waals surface area (Å²) in [6, 6.07) is 6.30. The van der Waals surface area contributed by atoms with E-state index in [1.165, 1.54) is 5.39 Å². The van der Waals surface area contributed by atoms with Crippen LogP contribution in [0.25, 0.3) is 17.0 Å². The Morgan fingerprint density at radius 3 is 2.82 bits per heavy atom. The molecule has 2 aromatic rings. The van der Waals surface area contributed by atoms with Crippen molar-refractivity contribution in [2.24, 2.45) is 0 Å². The fourth-order valence-electron chi connectivity index (χ4n) is 2.84. The largest absolute Gasteiger partial charge is 0.483 e. The highest BCUT2D eigenvalue weighted by atomic mass is 16.5.